The first kappa shape index (κ1) is 30.1. The zero-order valence-corrected chi connectivity index (χ0v) is 27.4. The molecule has 2 fully saturated rings. The largest absolute Gasteiger partial charge is 0.444 e. The molecule has 240 valence electrons. The Morgan fingerprint density at radius 1 is 0.674 bits per heavy atom. The lowest BCUT2D eigenvalue weighted by Crippen LogP contribution is -2.36. The number of hydrogen-bond donors (Lipinski definition) is 2. The van der Waals surface area contributed by atoms with Crippen molar-refractivity contribution in [3.8, 4) is 44.8 Å². The second-order valence-electron chi connectivity index (χ2n) is 14.5. The molecule has 2 aromatic heterocycles. The SMILES string of the molecule is CC(C)(C)OC(=O)N1CCC[C@H]1c1ncc(-c2ccc3c(c2)-c2ccc(-c4cnc([C@@H]5CCCN5C(=O)OC(C)(C)C)[nH]4)cc2-3)[nH]1. The molecule has 2 aromatic carbocycles. The van der Waals surface area contributed by atoms with Crippen LogP contribution >= 0.6 is 0 Å². The maximum atomic E-state index is 12.8. The summed E-state index contributed by atoms with van der Waals surface area (Å²) in [6.45, 7) is 12.7. The number of carbonyl (C=O) groups is 2. The Kier molecular flexibility index (Phi) is 7.21. The summed E-state index contributed by atoms with van der Waals surface area (Å²) in [5, 5.41) is 0. The molecule has 3 aliphatic rings. The molecule has 4 heterocycles. The van der Waals surface area contributed by atoms with Gasteiger partial charge in [0.25, 0.3) is 0 Å². The smallest absolute Gasteiger partial charge is 0.410 e. The van der Waals surface area contributed by atoms with Gasteiger partial charge in [0, 0.05) is 24.2 Å². The highest BCUT2D eigenvalue weighted by Crippen LogP contribution is 2.49. The molecule has 46 heavy (non-hydrogen) atoms. The fraction of sp³-hybridized carbons (Fsp3) is 0.444. The van der Waals surface area contributed by atoms with Gasteiger partial charge in [0.2, 0.25) is 0 Å². The zero-order valence-electron chi connectivity index (χ0n) is 27.4. The third-order valence-corrected chi connectivity index (χ3v) is 8.83. The molecule has 0 radical (unpaired) electrons. The number of hydrogen-bond acceptors (Lipinski definition) is 6. The van der Waals surface area contributed by atoms with Crippen molar-refractivity contribution in [3.05, 3.63) is 60.4 Å². The van der Waals surface area contributed by atoms with Crippen molar-refractivity contribution >= 4 is 12.2 Å². The van der Waals surface area contributed by atoms with Gasteiger partial charge in [-0.05, 0) is 102 Å². The molecule has 2 aliphatic heterocycles. The first-order chi connectivity index (χ1) is 21.8. The van der Waals surface area contributed by atoms with Crippen LogP contribution in [0.25, 0.3) is 44.8 Å². The zero-order chi connectivity index (χ0) is 32.4. The van der Waals surface area contributed by atoms with Gasteiger partial charge in [-0.1, -0.05) is 24.3 Å². The van der Waals surface area contributed by atoms with Crippen LogP contribution in [0.2, 0.25) is 0 Å². The summed E-state index contributed by atoms with van der Waals surface area (Å²) in [5.41, 5.74) is 7.71. The molecule has 7 rings (SSSR count). The average molecular weight is 623 g/mol. The van der Waals surface area contributed by atoms with Crippen molar-refractivity contribution in [2.75, 3.05) is 13.1 Å². The third kappa shape index (κ3) is 5.65. The Morgan fingerprint density at radius 2 is 1.09 bits per heavy atom. The molecule has 1 aliphatic carbocycles. The van der Waals surface area contributed by atoms with Crippen molar-refractivity contribution in [2.24, 2.45) is 0 Å². The van der Waals surface area contributed by atoms with Crippen LogP contribution in [0, 0.1) is 0 Å². The summed E-state index contributed by atoms with van der Waals surface area (Å²) in [4.78, 5) is 45.5. The number of likely N-dealkylation sites (tertiary alicyclic amines) is 2. The lowest BCUT2D eigenvalue weighted by molar-refractivity contribution is 0.0208. The molecule has 2 saturated heterocycles. The molecule has 4 aromatic rings. The highest BCUT2D eigenvalue weighted by molar-refractivity contribution is 6.04. The van der Waals surface area contributed by atoms with E-state index in [-0.39, 0.29) is 24.3 Å². The van der Waals surface area contributed by atoms with Crippen LogP contribution in [0.15, 0.2) is 48.8 Å². The highest BCUT2D eigenvalue weighted by Gasteiger charge is 2.36. The van der Waals surface area contributed by atoms with Gasteiger partial charge < -0.3 is 19.4 Å². The summed E-state index contributed by atoms with van der Waals surface area (Å²) < 4.78 is 11.3. The number of aromatic amines is 2. The number of nitrogens with zero attached hydrogens (tertiary/aromatic N) is 4. The molecule has 0 spiro atoms. The lowest BCUT2D eigenvalue weighted by atomic mass is 9.78. The van der Waals surface area contributed by atoms with Gasteiger partial charge in [-0.15, -0.1) is 0 Å². The van der Waals surface area contributed by atoms with Gasteiger partial charge in [0.1, 0.15) is 22.9 Å². The van der Waals surface area contributed by atoms with E-state index in [0.29, 0.717) is 13.1 Å². The van der Waals surface area contributed by atoms with E-state index in [1.807, 2.05) is 53.9 Å². The molecule has 2 N–H and O–H groups in total. The van der Waals surface area contributed by atoms with Gasteiger partial charge in [0.05, 0.1) is 35.9 Å². The minimum atomic E-state index is -0.538. The highest BCUT2D eigenvalue weighted by atomic mass is 16.6. The third-order valence-electron chi connectivity index (χ3n) is 8.83. The monoisotopic (exact) mass is 622 g/mol. The van der Waals surface area contributed by atoms with E-state index >= 15 is 0 Å². The second kappa shape index (κ2) is 11.0. The number of aromatic nitrogens is 4. The molecular formula is C36H42N6O4. The summed E-state index contributed by atoms with van der Waals surface area (Å²) in [6, 6.07) is 12.7. The topological polar surface area (TPSA) is 116 Å². The quantitative estimate of drug-likeness (QED) is 0.208. The number of carbonyl (C=O) groups excluding carboxylic acids is 2. The van der Waals surface area contributed by atoms with Crippen LogP contribution in [0.3, 0.4) is 0 Å². The van der Waals surface area contributed by atoms with Crippen LogP contribution in [0.4, 0.5) is 9.59 Å². The predicted molar refractivity (Wildman–Crippen MR) is 176 cm³/mol. The van der Waals surface area contributed by atoms with Gasteiger partial charge in [0.15, 0.2) is 0 Å². The average Bonchev–Trinajstić information content (AvgIpc) is 3.79. The molecule has 10 heteroatoms. The first-order valence-corrected chi connectivity index (χ1v) is 16.2. The number of ether oxygens (including phenoxy) is 2. The van der Waals surface area contributed by atoms with Gasteiger partial charge >= 0.3 is 12.2 Å². The molecule has 10 nitrogen and oxygen atoms in total. The molecule has 0 bridgehead atoms. The van der Waals surface area contributed by atoms with Crippen LogP contribution in [0.1, 0.15) is 91.0 Å². The second-order valence-corrected chi connectivity index (χ2v) is 14.5. The van der Waals surface area contributed by atoms with Gasteiger partial charge in [-0.3, -0.25) is 9.80 Å². The van der Waals surface area contributed by atoms with E-state index in [9.17, 15) is 9.59 Å². The molecular weight excluding hydrogens is 580 g/mol. The van der Waals surface area contributed by atoms with Crippen LogP contribution in [-0.4, -0.2) is 66.2 Å². The Morgan fingerprint density at radius 3 is 1.48 bits per heavy atom. The summed E-state index contributed by atoms with van der Waals surface area (Å²) >= 11 is 0. The van der Waals surface area contributed by atoms with E-state index in [4.69, 9.17) is 9.47 Å². The van der Waals surface area contributed by atoms with Crippen molar-refractivity contribution in [2.45, 2.75) is 90.5 Å². The number of rotatable bonds is 4. The standard InChI is InChI=1S/C36H42N6O4/c1-35(2,3)45-33(43)41-15-7-9-29(41)31-37-19-27(39-31)21-11-13-23-25(17-21)24-14-12-22(18-26(23)24)28-20-38-32(40-28)30-10-8-16-42(30)34(44)46-36(4,5)6/h11-14,17-20,29-30H,7-10,15-16H2,1-6H3,(H,37,39)(H,38,40)/t29-,30-/m0/s1. The van der Waals surface area contributed by atoms with Crippen molar-refractivity contribution in [3.63, 3.8) is 0 Å². The van der Waals surface area contributed by atoms with Crippen molar-refractivity contribution in [1.29, 1.82) is 0 Å². The minimum Gasteiger partial charge on any atom is -0.444 e. The normalized spacial score (nSPS) is 19.1. The fourth-order valence-corrected chi connectivity index (χ4v) is 6.76. The number of amides is 2. The van der Waals surface area contributed by atoms with E-state index < -0.39 is 11.2 Å². The Balaban J connectivity index is 1.06. The van der Waals surface area contributed by atoms with E-state index in [2.05, 4.69) is 56.3 Å². The van der Waals surface area contributed by atoms with Gasteiger partial charge in [-0.25, -0.2) is 19.6 Å². The summed E-state index contributed by atoms with van der Waals surface area (Å²) in [5.74, 6) is 1.58. The number of imidazole rings is 2. The van der Waals surface area contributed by atoms with Crippen LogP contribution < -0.4 is 0 Å². The maximum Gasteiger partial charge on any atom is 0.410 e. The maximum absolute atomic E-state index is 12.8. The number of nitrogens with one attached hydrogen (secondary N) is 2. The molecule has 0 saturated carbocycles. The Labute approximate surface area is 269 Å². The predicted octanol–water partition coefficient (Wildman–Crippen LogP) is 8.26. The number of fused-ring (bicyclic) bond motifs is 4. The van der Waals surface area contributed by atoms with E-state index in [1.165, 1.54) is 22.3 Å². The first-order valence-electron chi connectivity index (χ1n) is 16.2. The molecule has 2 amide bonds. The lowest BCUT2D eigenvalue weighted by Gasteiger charge is -2.27. The van der Waals surface area contributed by atoms with Crippen molar-refractivity contribution in [1.82, 2.24) is 29.7 Å². The van der Waals surface area contributed by atoms with Crippen molar-refractivity contribution < 1.29 is 19.1 Å². The van der Waals surface area contributed by atoms with E-state index in [0.717, 1.165) is 59.8 Å². The van der Waals surface area contributed by atoms with E-state index in [1.54, 1.807) is 9.80 Å². The number of benzene rings is 2. The van der Waals surface area contributed by atoms with Crippen LogP contribution in [-0.2, 0) is 9.47 Å². The van der Waals surface area contributed by atoms with Crippen LogP contribution in [0.5, 0.6) is 0 Å². The fourth-order valence-electron chi connectivity index (χ4n) is 6.76. The Bertz CT molecular complexity index is 1660. The molecule has 2 atom stereocenters. The summed E-state index contributed by atoms with van der Waals surface area (Å²) in [6.07, 6.45) is 6.67. The molecule has 0 unspecified atom stereocenters. The minimum absolute atomic E-state index is 0.119. The number of H-pyrrole nitrogens is 2. The van der Waals surface area contributed by atoms with Gasteiger partial charge in [-0.2, -0.15) is 0 Å². The summed E-state index contributed by atoms with van der Waals surface area (Å²) in [7, 11) is 0. The Hall–Kier alpha value is -4.60.